The first-order valence-electron chi connectivity index (χ1n) is 13.3. The minimum Gasteiger partial charge on any atom is -0.396 e. The molecule has 2 atom stereocenters. The van der Waals surface area contributed by atoms with Gasteiger partial charge in [-0.3, -0.25) is 9.78 Å². The lowest BCUT2D eigenvalue weighted by atomic mass is 10.1. The molecule has 3 aromatic heterocycles. The van der Waals surface area contributed by atoms with E-state index < -0.39 is 0 Å². The van der Waals surface area contributed by atoms with E-state index in [1.54, 1.807) is 12.3 Å². The number of halogens is 1. The summed E-state index contributed by atoms with van der Waals surface area (Å²) in [4.78, 5) is 29.8. The molecule has 1 aliphatic rings. The van der Waals surface area contributed by atoms with Crippen molar-refractivity contribution in [3.05, 3.63) is 77.4 Å². The number of anilines is 1. The van der Waals surface area contributed by atoms with E-state index in [0.29, 0.717) is 52.8 Å². The zero-order valence-electron chi connectivity index (χ0n) is 22.7. The van der Waals surface area contributed by atoms with E-state index in [1.807, 2.05) is 56.0 Å². The number of thioether (sulfide) groups is 1. The van der Waals surface area contributed by atoms with Crippen LogP contribution >= 0.6 is 11.8 Å². The average molecular weight is 562 g/mol. The molecule has 0 spiro atoms. The lowest BCUT2D eigenvalue weighted by Crippen LogP contribution is -2.45. The number of pyridine rings is 3. The zero-order chi connectivity index (χ0) is 28.2. The second-order valence-corrected chi connectivity index (χ2v) is 11.1. The van der Waals surface area contributed by atoms with Gasteiger partial charge in [0.2, 0.25) is 0 Å². The lowest BCUT2D eigenvalue weighted by Gasteiger charge is -2.36. The van der Waals surface area contributed by atoms with E-state index in [9.17, 15) is 9.18 Å². The van der Waals surface area contributed by atoms with Gasteiger partial charge < -0.3 is 20.1 Å². The van der Waals surface area contributed by atoms with Gasteiger partial charge in [-0.25, -0.2) is 14.4 Å². The number of aromatic nitrogens is 3. The van der Waals surface area contributed by atoms with Crippen molar-refractivity contribution < 1.29 is 19.0 Å². The molecule has 40 heavy (non-hydrogen) atoms. The summed E-state index contributed by atoms with van der Waals surface area (Å²) in [7, 11) is 0. The maximum atomic E-state index is 14.7. The number of morpholine rings is 1. The molecule has 4 aromatic rings. The van der Waals surface area contributed by atoms with E-state index in [1.165, 1.54) is 23.9 Å². The number of hydrogen-bond donors (Lipinski definition) is 2. The molecular formula is C30H32FN5O3S. The minimum absolute atomic E-state index is 0.0284. The largest absolute Gasteiger partial charge is 0.396 e. The Labute approximate surface area is 237 Å². The Morgan fingerprint density at radius 3 is 2.67 bits per heavy atom. The van der Waals surface area contributed by atoms with E-state index in [4.69, 9.17) is 19.8 Å². The molecule has 2 N–H and O–H groups in total. The molecule has 208 valence electrons. The van der Waals surface area contributed by atoms with Gasteiger partial charge in [0.1, 0.15) is 11.6 Å². The van der Waals surface area contributed by atoms with Gasteiger partial charge in [0, 0.05) is 53.0 Å². The summed E-state index contributed by atoms with van der Waals surface area (Å²) >= 11 is 1.52. The fourth-order valence-electron chi connectivity index (χ4n) is 4.76. The number of rotatable bonds is 8. The first-order chi connectivity index (χ1) is 19.3. The van der Waals surface area contributed by atoms with Crippen LogP contribution in [0.2, 0.25) is 0 Å². The van der Waals surface area contributed by atoms with E-state index in [2.05, 4.69) is 10.3 Å². The third kappa shape index (κ3) is 6.57. The van der Waals surface area contributed by atoms with Gasteiger partial charge >= 0.3 is 0 Å². The SMILES string of the molecule is Cc1ccc(C(=O)NCc2cc3nc(-c4cc(F)cc(N5CC(C)OC(C)C5)n4)ccc3cn2)cc1SCCO. The normalized spacial score (nSPS) is 17.3. The van der Waals surface area contributed by atoms with Crippen molar-refractivity contribution in [3.8, 4) is 11.4 Å². The molecule has 1 fully saturated rings. The van der Waals surface area contributed by atoms with Gasteiger partial charge in [0.25, 0.3) is 5.91 Å². The minimum atomic E-state index is -0.374. The van der Waals surface area contributed by atoms with Crippen LogP contribution < -0.4 is 10.2 Å². The second kappa shape index (κ2) is 12.3. The zero-order valence-corrected chi connectivity index (χ0v) is 23.5. The van der Waals surface area contributed by atoms with Crippen LogP contribution in [0.4, 0.5) is 10.2 Å². The number of hydrogen-bond acceptors (Lipinski definition) is 8. The van der Waals surface area contributed by atoms with Gasteiger partial charge in [-0.1, -0.05) is 6.07 Å². The topological polar surface area (TPSA) is 100 Å². The van der Waals surface area contributed by atoms with Crippen molar-refractivity contribution in [2.45, 2.75) is 44.4 Å². The van der Waals surface area contributed by atoms with Crippen molar-refractivity contribution >= 4 is 34.4 Å². The highest BCUT2D eigenvalue weighted by Gasteiger charge is 2.24. The summed E-state index contributed by atoms with van der Waals surface area (Å²) in [6, 6.07) is 13.9. The predicted octanol–water partition coefficient (Wildman–Crippen LogP) is 4.77. The molecule has 0 aliphatic carbocycles. The number of nitrogens with zero attached hydrogens (tertiary/aromatic N) is 4. The third-order valence-electron chi connectivity index (χ3n) is 6.64. The molecule has 0 bridgehead atoms. The number of aliphatic hydroxyl groups excluding tert-OH is 1. The Kier molecular flexibility index (Phi) is 8.58. The molecule has 0 radical (unpaired) electrons. The molecule has 10 heteroatoms. The van der Waals surface area contributed by atoms with Crippen molar-refractivity contribution in [3.63, 3.8) is 0 Å². The fourth-order valence-corrected chi connectivity index (χ4v) is 5.58. The van der Waals surface area contributed by atoms with Crippen LogP contribution in [0.5, 0.6) is 0 Å². The number of ether oxygens (including phenoxy) is 1. The molecule has 2 unspecified atom stereocenters. The number of carbonyl (C=O) groups is 1. The molecule has 0 saturated carbocycles. The highest BCUT2D eigenvalue weighted by atomic mass is 32.2. The quantitative estimate of drug-likeness (QED) is 0.297. The Hall–Kier alpha value is -3.60. The molecule has 4 heterocycles. The monoisotopic (exact) mass is 561 g/mol. The molecule has 1 amide bonds. The first-order valence-corrected chi connectivity index (χ1v) is 14.2. The van der Waals surface area contributed by atoms with E-state index in [0.717, 1.165) is 15.8 Å². The summed E-state index contributed by atoms with van der Waals surface area (Å²) in [6.07, 6.45) is 1.77. The molecule has 8 nitrogen and oxygen atoms in total. The second-order valence-electron chi connectivity index (χ2n) is 9.99. The molecule has 1 saturated heterocycles. The van der Waals surface area contributed by atoms with Crippen molar-refractivity contribution in [1.82, 2.24) is 20.3 Å². The maximum Gasteiger partial charge on any atom is 0.251 e. The Morgan fingerprint density at radius 1 is 1.10 bits per heavy atom. The van der Waals surface area contributed by atoms with Crippen LogP contribution in [0.15, 0.2) is 59.6 Å². The number of carbonyl (C=O) groups excluding carboxylic acids is 1. The number of benzene rings is 1. The van der Waals surface area contributed by atoms with Crippen LogP contribution in [-0.2, 0) is 11.3 Å². The standard InChI is InChI=1S/C30H32FN5O3S/c1-18-4-5-21(10-28(18)40-9-8-37)30(38)33-15-24-13-26-22(14-32-24)6-7-25(34-26)27-11-23(31)12-29(35-27)36-16-19(2)39-20(3)17-36/h4-7,10-14,19-20,37H,8-9,15-17H2,1-3H3,(H,33,38). The lowest BCUT2D eigenvalue weighted by molar-refractivity contribution is -0.00547. The van der Waals surface area contributed by atoms with Gasteiger partial charge in [0.15, 0.2) is 0 Å². The van der Waals surface area contributed by atoms with Crippen molar-refractivity contribution in [2.75, 3.05) is 30.3 Å². The summed E-state index contributed by atoms with van der Waals surface area (Å²) in [5.74, 6) is 0.546. The summed E-state index contributed by atoms with van der Waals surface area (Å²) in [6.45, 7) is 7.55. The molecule has 1 aliphatic heterocycles. The fraction of sp³-hybridized carbons (Fsp3) is 0.333. The number of fused-ring (bicyclic) bond motifs is 1. The molecule has 5 rings (SSSR count). The van der Waals surface area contributed by atoms with Crippen molar-refractivity contribution in [1.29, 1.82) is 0 Å². The Bertz CT molecular complexity index is 1520. The maximum absolute atomic E-state index is 14.7. The average Bonchev–Trinajstić information content (AvgIpc) is 2.94. The van der Waals surface area contributed by atoms with Crippen molar-refractivity contribution in [2.24, 2.45) is 0 Å². The molecular weight excluding hydrogens is 529 g/mol. The number of amides is 1. The van der Waals surface area contributed by atoms with E-state index >= 15 is 0 Å². The van der Waals surface area contributed by atoms with Crippen LogP contribution in [-0.4, -0.2) is 63.6 Å². The smallest absolute Gasteiger partial charge is 0.251 e. The van der Waals surface area contributed by atoms with Gasteiger partial charge in [-0.2, -0.15) is 0 Å². The number of aryl methyl sites for hydroxylation is 1. The summed E-state index contributed by atoms with van der Waals surface area (Å²) < 4.78 is 20.5. The summed E-state index contributed by atoms with van der Waals surface area (Å²) in [5.41, 5.74) is 3.93. The van der Waals surface area contributed by atoms with Crippen LogP contribution in [0, 0.1) is 12.7 Å². The number of nitrogens with one attached hydrogen (secondary N) is 1. The van der Waals surface area contributed by atoms with Gasteiger partial charge in [-0.15, -0.1) is 11.8 Å². The Morgan fingerprint density at radius 2 is 1.90 bits per heavy atom. The van der Waals surface area contributed by atoms with E-state index in [-0.39, 0.29) is 37.1 Å². The number of aliphatic hydroxyl groups is 1. The predicted molar refractivity (Wildman–Crippen MR) is 155 cm³/mol. The highest BCUT2D eigenvalue weighted by Crippen LogP contribution is 2.26. The highest BCUT2D eigenvalue weighted by molar-refractivity contribution is 7.99. The van der Waals surface area contributed by atoms with Crippen LogP contribution in [0.25, 0.3) is 22.3 Å². The third-order valence-corrected chi connectivity index (χ3v) is 7.78. The molecule has 1 aromatic carbocycles. The van der Waals surface area contributed by atoms with Crippen LogP contribution in [0.1, 0.15) is 35.5 Å². The summed E-state index contributed by atoms with van der Waals surface area (Å²) in [5, 5.41) is 12.9. The van der Waals surface area contributed by atoms with Gasteiger partial charge in [-0.05, 0) is 56.7 Å². The first kappa shape index (κ1) is 27.9. The van der Waals surface area contributed by atoms with Crippen LogP contribution in [0.3, 0.4) is 0 Å². The van der Waals surface area contributed by atoms with Gasteiger partial charge in [0.05, 0.1) is 48.0 Å². The Balaban J connectivity index is 1.34.